The molecule has 0 atom stereocenters. The zero-order valence-corrected chi connectivity index (χ0v) is 16.4. The van der Waals surface area contributed by atoms with E-state index < -0.39 is 0 Å². The normalized spacial score (nSPS) is 14.9. The zero-order valence-electron chi connectivity index (χ0n) is 14.7. The van der Waals surface area contributed by atoms with Gasteiger partial charge < -0.3 is 9.88 Å². The van der Waals surface area contributed by atoms with Crippen LogP contribution in [-0.4, -0.2) is 33.5 Å². The lowest BCUT2D eigenvalue weighted by Crippen LogP contribution is -2.25. The summed E-state index contributed by atoms with van der Waals surface area (Å²) >= 11 is 3.35. The van der Waals surface area contributed by atoms with Crippen molar-refractivity contribution in [2.24, 2.45) is 0 Å². The monoisotopic (exact) mass is 378 g/mol. The number of amides is 1. The number of thiophene rings is 1. The summed E-state index contributed by atoms with van der Waals surface area (Å²) in [7, 11) is 0. The quantitative estimate of drug-likeness (QED) is 0.532. The molecule has 2 aromatic heterocycles. The zero-order chi connectivity index (χ0) is 17.5. The lowest BCUT2D eigenvalue weighted by atomic mass is 10.2. The lowest BCUT2D eigenvalue weighted by molar-refractivity contribution is -0.121. The molecule has 1 saturated carbocycles. The van der Waals surface area contributed by atoms with Gasteiger partial charge in [0.25, 0.3) is 0 Å². The summed E-state index contributed by atoms with van der Waals surface area (Å²) in [5.41, 5.74) is 1.24. The summed E-state index contributed by atoms with van der Waals surface area (Å²) < 4.78 is 2.34. The highest BCUT2D eigenvalue weighted by Gasteiger charge is 2.23. The molecular formula is C18H26N4OS2. The third-order valence-electron chi connectivity index (χ3n) is 4.73. The van der Waals surface area contributed by atoms with E-state index in [1.165, 1.54) is 31.2 Å². The molecule has 0 spiro atoms. The number of hydrogen-bond acceptors (Lipinski definition) is 5. The maximum atomic E-state index is 11.9. The first-order chi connectivity index (χ1) is 12.3. The SMILES string of the molecule is CSc1nnc(CCCNC(=O)CCc2ccsc2)n1C1CCCC1. The molecule has 0 aromatic carbocycles. The minimum atomic E-state index is 0.133. The average Bonchev–Trinajstić information content (AvgIpc) is 3.38. The van der Waals surface area contributed by atoms with Crippen molar-refractivity contribution < 1.29 is 4.79 Å². The Kier molecular flexibility index (Phi) is 6.93. The maximum Gasteiger partial charge on any atom is 0.220 e. The van der Waals surface area contributed by atoms with Gasteiger partial charge in [0.15, 0.2) is 5.16 Å². The molecule has 1 N–H and O–H groups in total. The standard InChI is InChI=1S/C18H26N4OS2/c1-24-18-21-20-16(22(18)15-5-2-3-6-15)7-4-11-19-17(23)9-8-14-10-12-25-13-14/h10,12-13,15H,2-9,11H2,1H3,(H,19,23). The molecule has 5 nitrogen and oxygen atoms in total. The minimum Gasteiger partial charge on any atom is -0.356 e. The van der Waals surface area contributed by atoms with Gasteiger partial charge in [-0.2, -0.15) is 11.3 Å². The fourth-order valence-corrected chi connectivity index (χ4v) is 4.68. The number of hydrogen-bond donors (Lipinski definition) is 1. The molecule has 0 aliphatic heterocycles. The van der Waals surface area contributed by atoms with Crippen molar-refractivity contribution in [2.75, 3.05) is 12.8 Å². The Morgan fingerprint density at radius 1 is 1.36 bits per heavy atom. The molecule has 2 aromatic rings. The number of carbonyl (C=O) groups is 1. The van der Waals surface area contributed by atoms with Crippen LogP contribution in [-0.2, 0) is 17.6 Å². The first kappa shape index (κ1) is 18.5. The highest BCUT2D eigenvalue weighted by molar-refractivity contribution is 7.98. The van der Waals surface area contributed by atoms with Crippen LogP contribution in [0.25, 0.3) is 0 Å². The van der Waals surface area contributed by atoms with Gasteiger partial charge in [-0.25, -0.2) is 0 Å². The van der Waals surface area contributed by atoms with Crippen LogP contribution in [0, 0.1) is 0 Å². The smallest absolute Gasteiger partial charge is 0.220 e. The summed E-state index contributed by atoms with van der Waals surface area (Å²) in [4.78, 5) is 11.9. The van der Waals surface area contributed by atoms with Crippen molar-refractivity contribution in [1.29, 1.82) is 0 Å². The van der Waals surface area contributed by atoms with Crippen LogP contribution in [0.1, 0.15) is 56.0 Å². The number of thioether (sulfide) groups is 1. The maximum absolute atomic E-state index is 11.9. The second kappa shape index (κ2) is 9.38. The van der Waals surface area contributed by atoms with E-state index in [4.69, 9.17) is 0 Å². The topological polar surface area (TPSA) is 59.8 Å². The van der Waals surface area contributed by atoms with Crippen molar-refractivity contribution in [1.82, 2.24) is 20.1 Å². The molecule has 1 aliphatic carbocycles. The second-order valence-electron chi connectivity index (χ2n) is 6.50. The Morgan fingerprint density at radius 2 is 2.20 bits per heavy atom. The van der Waals surface area contributed by atoms with Gasteiger partial charge >= 0.3 is 0 Å². The Morgan fingerprint density at radius 3 is 2.92 bits per heavy atom. The van der Waals surface area contributed by atoms with Gasteiger partial charge in [-0.15, -0.1) is 10.2 Å². The number of aromatic nitrogens is 3. The molecule has 1 aliphatic rings. The van der Waals surface area contributed by atoms with E-state index in [9.17, 15) is 4.79 Å². The minimum absolute atomic E-state index is 0.133. The van der Waals surface area contributed by atoms with E-state index in [1.807, 2.05) is 0 Å². The van der Waals surface area contributed by atoms with Crippen molar-refractivity contribution in [3.63, 3.8) is 0 Å². The van der Waals surface area contributed by atoms with Gasteiger partial charge in [0.1, 0.15) is 5.82 Å². The van der Waals surface area contributed by atoms with Gasteiger partial charge in [-0.05, 0) is 54.3 Å². The number of rotatable bonds is 9. The Bertz CT molecular complexity index is 663. The molecule has 0 radical (unpaired) electrons. The van der Waals surface area contributed by atoms with E-state index in [2.05, 4.69) is 43.2 Å². The fourth-order valence-electron chi connectivity index (χ4n) is 3.40. The Hall–Kier alpha value is -1.34. The predicted octanol–water partition coefficient (Wildman–Crippen LogP) is 3.86. The number of nitrogens with zero attached hydrogens (tertiary/aromatic N) is 3. The number of carbonyl (C=O) groups excluding carboxylic acids is 1. The molecule has 0 saturated heterocycles. The van der Waals surface area contributed by atoms with E-state index in [0.717, 1.165) is 30.2 Å². The summed E-state index contributed by atoms with van der Waals surface area (Å²) in [5, 5.41) is 17.0. The molecule has 0 bridgehead atoms. The largest absolute Gasteiger partial charge is 0.356 e. The second-order valence-corrected chi connectivity index (χ2v) is 8.05. The molecule has 1 amide bonds. The predicted molar refractivity (Wildman–Crippen MR) is 103 cm³/mol. The third-order valence-corrected chi connectivity index (χ3v) is 6.10. The summed E-state index contributed by atoms with van der Waals surface area (Å²) in [5.74, 6) is 1.21. The van der Waals surface area contributed by atoms with Gasteiger partial charge in [0.2, 0.25) is 5.91 Å². The molecule has 3 rings (SSSR count). The van der Waals surface area contributed by atoms with Crippen molar-refractivity contribution >= 4 is 29.0 Å². The number of aryl methyl sites for hydroxylation is 2. The van der Waals surface area contributed by atoms with Crippen molar-refractivity contribution in [3.8, 4) is 0 Å². The highest BCUT2D eigenvalue weighted by Crippen LogP contribution is 2.33. The molecule has 1 fully saturated rings. The average molecular weight is 379 g/mol. The van der Waals surface area contributed by atoms with Crippen LogP contribution in [0.5, 0.6) is 0 Å². The van der Waals surface area contributed by atoms with Crippen molar-refractivity contribution in [3.05, 3.63) is 28.2 Å². The van der Waals surface area contributed by atoms with E-state index in [0.29, 0.717) is 19.0 Å². The van der Waals surface area contributed by atoms with Gasteiger partial charge in [-0.1, -0.05) is 24.6 Å². The van der Waals surface area contributed by atoms with Crippen molar-refractivity contribution in [2.45, 2.75) is 62.6 Å². The summed E-state index contributed by atoms with van der Waals surface area (Å²) in [6.45, 7) is 0.703. The molecule has 0 unspecified atom stereocenters. The van der Waals surface area contributed by atoms with Crippen LogP contribution in [0.2, 0.25) is 0 Å². The highest BCUT2D eigenvalue weighted by atomic mass is 32.2. The van der Waals surface area contributed by atoms with Crippen LogP contribution in [0.4, 0.5) is 0 Å². The Balaban J connectivity index is 1.42. The molecular weight excluding hydrogens is 352 g/mol. The number of nitrogens with one attached hydrogen (secondary N) is 1. The summed E-state index contributed by atoms with van der Waals surface area (Å²) in [6, 6.07) is 2.64. The Labute approximate surface area is 157 Å². The first-order valence-corrected chi connectivity index (χ1v) is 11.2. The molecule has 25 heavy (non-hydrogen) atoms. The van der Waals surface area contributed by atoms with Crippen LogP contribution < -0.4 is 5.32 Å². The van der Waals surface area contributed by atoms with Crippen LogP contribution >= 0.6 is 23.1 Å². The van der Waals surface area contributed by atoms with Crippen LogP contribution in [0.15, 0.2) is 22.0 Å². The third kappa shape index (κ3) is 5.07. The van der Waals surface area contributed by atoms with E-state index >= 15 is 0 Å². The van der Waals surface area contributed by atoms with Crippen LogP contribution in [0.3, 0.4) is 0 Å². The molecule has 136 valence electrons. The summed E-state index contributed by atoms with van der Waals surface area (Å²) in [6.07, 6.45) is 10.3. The van der Waals surface area contributed by atoms with E-state index in [1.54, 1.807) is 23.1 Å². The van der Waals surface area contributed by atoms with Gasteiger partial charge in [-0.3, -0.25) is 4.79 Å². The van der Waals surface area contributed by atoms with Gasteiger partial charge in [0, 0.05) is 25.4 Å². The first-order valence-electron chi connectivity index (χ1n) is 9.03. The lowest BCUT2D eigenvalue weighted by Gasteiger charge is -2.16. The fraction of sp³-hybridized carbons (Fsp3) is 0.611. The molecule has 2 heterocycles. The molecule has 7 heteroatoms. The van der Waals surface area contributed by atoms with Gasteiger partial charge in [0.05, 0.1) is 0 Å². The van der Waals surface area contributed by atoms with E-state index in [-0.39, 0.29) is 5.91 Å².